The summed E-state index contributed by atoms with van der Waals surface area (Å²) in [7, 11) is 0. The highest BCUT2D eigenvalue weighted by Gasteiger charge is 2.20. The van der Waals surface area contributed by atoms with Gasteiger partial charge in [0.15, 0.2) is 6.10 Å². The van der Waals surface area contributed by atoms with Crippen LogP contribution in [0.5, 0.6) is 5.75 Å². The molecule has 122 valence electrons. The second-order valence-electron chi connectivity index (χ2n) is 5.25. The first-order chi connectivity index (χ1) is 11.5. The first-order valence-electron chi connectivity index (χ1n) is 7.29. The average molecular weight is 325 g/mol. The molecular weight excluding hydrogens is 310 g/mol. The molecule has 0 aliphatic carbocycles. The van der Waals surface area contributed by atoms with Gasteiger partial charge in [-0.25, -0.2) is 4.79 Å². The number of hydrogen-bond acceptors (Lipinski definition) is 7. The summed E-state index contributed by atoms with van der Waals surface area (Å²) in [5, 5.41) is 13.5. The minimum Gasteiger partial charge on any atom is -0.508 e. The molecule has 24 heavy (non-hydrogen) atoms. The fourth-order valence-electron chi connectivity index (χ4n) is 2.03. The molecule has 0 radical (unpaired) electrons. The van der Waals surface area contributed by atoms with Crippen LogP contribution in [0.4, 0.5) is 0 Å². The number of carbonyl (C=O) groups is 1. The summed E-state index contributed by atoms with van der Waals surface area (Å²) in [5.74, 6) is 0.000186. The second kappa shape index (κ2) is 6.49. The van der Waals surface area contributed by atoms with E-state index in [2.05, 4.69) is 15.1 Å². The van der Waals surface area contributed by atoms with Crippen molar-refractivity contribution < 1.29 is 19.2 Å². The number of pyridine rings is 1. The fraction of sp³-hybridized carbons (Fsp3) is 0.176. The Bertz CT molecular complexity index is 861. The molecule has 0 spiro atoms. The van der Waals surface area contributed by atoms with Crippen molar-refractivity contribution in [3.8, 4) is 17.1 Å². The van der Waals surface area contributed by atoms with Crippen LogP contribution in [-0.4, -0.2) is 26.2 Å². The van der Waals surface area contributed by atoms with Crippen molar-refractivity contribution in [1.82, 2.24) is 15.1 Å². The van der Waals surface area contributed by atoms with Gasteiger partial charge in [0.1, 0.15) is 5.75 Å². The van der Waals surface area contributed by atoms with Crippen molar-refractivity contribution in [3.63, 3.8) is 0 Å². The lowest BCUT2D eigenvalue weighted by Gasteiger charge is -2.09. The first kappa shape index (κ1) is 15.7. The summed E-state index contributed by atoms with van der Waals surface area (Å²) in [4.78, 5) is 20.3. The fourth-order valence-corrected chi connectivity index (χ4v) is 2.03. The minimum atomic E-state index is -0.723. The average Bonchev–Trinajstić information content (AvgIpc) is 3.08. The Kier molecular flexibility index (Phi) is 4.24. The van der Waals surface area contributed by atoms with Gasteiger partial charge >= 0.3 is 5.97 Å². The van der Waals surface area contributed by atoms with Gasteiger partial charge in [-0.05, 0) is 43.7 Å². The largest absolute Gasteiger partial charge is 0.508 e. The monoisotopic (exact) mass is 325 g/mol. The summed E-state index contributed by atoms with van der Waals surface area (Å²) in [5.41, 5.74) is 1.63. The van der Waals surface area contributed by atoms with Crippen LogP contribution in [0, 0.1) is 6.92 Å². The summed E-state index contributed by atoms with van der Waals surface area (Å²) in [6, 6.07) is 8.15. The molecule has 3 rings (SSSR count). The van der Waals surface area contributed by atoms with Crippen LogP contribution >= 0.6 is 0 Å². The summed E-state index contributed by atoms with van der Waals surface area (Å²) >= 11 is 0. The Balaban J connectivity index is 1.73. The number of hydrogen-bond donors (Lipinski definition) is 1. The Morgan fingerprint density at radius 1 is 1.33 bits per heavy atom. The van der Waals surface area contributed by atoms with Crippen LogP contribution < -0.4 is 0 Å². The zero-order valence-electron chi connectivity index (χ0n) is 13.1. The second-order valence-corrected chi connectivity index (χ2v) is 5.25. The van der Waals surface area contributed by atoms with Gasteiger partial charge in [0.25, 0.3) is 5.89 Å². The van der Waals surface area contributed by atoms with Crippen LogP contribution in [0.1, 0.15) is 34.8 Å². The molecule has 7 nitrogen and oxygen atoms in total. The van der Waals surface area contributed by atoms with Crippen LogP contribution in [-0.2, 0) is 4.74 Å². The molecule has 2 aromatic heterocycles. The maximum Gasteiger partial charge on any atom is 0.339 e. The molecule has 7 heteroatoms. The van der Waals surface area contributed by atoms with E-state index in [4.69, 9.17) is 9.26 Å². The number of rotatable bonds is 4. The number of aryl methyl sites for hydroxylation is 1. The van der Waals surface area contributed by atoms with E-state index in [1.807, 2.05) is 0 Å². The number of nitrogens with zero attached hydrogens (tertiary/aromatic N) is 3. The smallest absolute Gasteiger partial charge is 0.339 e. The van der Waals surface area contributed by atoms with E-state index in [0.717, 1.165) is 0 Å². The van der Waals surface area contributed by atoms with Crippen LogP contribution in [0.3, 0.4) is 0 Å². The quantitative estimate of drug-likeness (QED) is 0.736. The lowest BCUT2D eigenvalue weighted by Crippen LogP contribution is -2.09. The molecule has 0 aliphatic heterocycles. The van der Waals surface area contributed by atoms with Crippen LogP contribution in [0.25, 0.3) is 11.4 Å². The Morgan fingerprint density at radius 3 is 2.88 bits per heavy atom. The zero-order valence-corrected chi connectivity index (χ0v) is 13.1. The van der Waals surface area contributed by atoms with Gasteiger partial charge in [-0.1, -0.05) is 11.2 Å². The van der Waals surface area contributed by atoms with Crippen LogP contribution in [0.15, 0.2) is 47.2 Å². The minimum absolute atomic E-state index is 0.0359. The number of aromatic nitrogens is 3. The third-order valence-electron chi connectivity index (χ3n) is 3.44. The first-order valence-corrected chi connectivity index (χ1v) is 7.29. The molecule has 0 unspecified atom stereocenters. The van der Waals surface area contributed by atoms with Crippen molar-refractivity contribution in [2.24, 2.45) is 0 Å². The molecule has 0 saturated heterocycles. The van der Waals surface area contributed by atoms with Gasteiger partial charge in [-0.3, -0.25) is 4.98 Å². The van der Waals surface area contributed by atoms with Gasteiger partial charge in [-0.15, -0.1) is 0 Å². The highest BCUT2D eigenvalue weighted by Crippen LogP contribution is 2.23. The molecule has 1 N–H and O–H groups in total. The normalized spacial score (nSPS) is 11.9. The van der Waals surface area contributed by atoms with E-state index in [-0.39, 0.29) is 17.2 Å². The number of carbonyl (C=O) groups excluding carboxylic acids is 1. The van der Waals surface area contributed by atoms with Crippen molar-refractivity contribution in [2.45, 2.75) is 20.0 Å². The highest BCUT2D eigenvalue weighted by atomic mass is 16.6. The van der Waals surface area contributed by atoms with Gasteiger partial charge in [0.05, 0.1) is 5.56 Å². The predicted molar refractivity (Wildman–Crippen MR) is 84.2 cm³/mol. The molecule has 2 heterocycles. The molecule has 0 amide bonds. The van der Waals surface area contributed by atoms with Gasteiger partial charge < -0.3 is 14.4 Å². The van der Waals surface area contributed by atoms with E-state index >= 15 is 0 Å². The predicted octanol–water partition coefficient (Wildman–Crippen LogP) is 3.06. The molecule has 1 aromatic carbocycles. The lowest BCUT2D eigenvalue weighted by atomic mass is 10.1. The molecule has 0 saturated carbocycles. The zero-order chi connectivity index (χ0) is 17.1. The Hall–Kier alpha value is -3.22. The maximum absolute atomic E-state index is 12.1. The molecular formula is C17H15N3O4. The number of ether oxygens (including phenoxy) is 1. The SMILES string of the molecule is Cc1ccc(C(=O)O[C@@H](C)c2nc(-c3cccnc3)no2)cc1O. The van der Waals surface area contributed by atoms with E-state index in [1.54, 1.807) is 50.5 Å². The third kappa shape index (κ3) is 3.24. The van der Waals surface area contributed by atoms with Crippen molar-refractivity contribution >= 4 is 5.97 Å². The topological polar surface area (TPSA) is 98.3 Å². The van der Waals surface area contributed by atoms with Gasteiger partial charge in [0, 0.05) is 18.0 Å². The Morgan fingerprint density at radius 2 is 2.17 bits per heavy atom. The standard InChI is InChI=1S/C17H15N3O4/c1-10-5-6-12(8-14(10)21)17(22)23-11(2)16-19-15(20-24-16)13-4-3-7-18-9-13/h3-9,11,21H,1-2H3/t11-/m0/s1. The highest BCUT2D eigenvalue weighted by molar-refractivity contribution is 5.90. The van der Waals surface area contributed by atoms with E-state index in [1.165, 1.54) is 6.07 Å². The van der Waals surface area contributed by atoms with Crippen molar-refractivity contribution in [1.29, 1.82) is 0 Å². The van der Waals surface area contributed by atoms with Gasteiger partial charge in [-0.2, -0.15) is 4.98 Å². The molecule has 0 aliphatic rings. The Labute approximate surface area is 137 Å². The number of esters is 1. The van der Waals surface area contributed by atoms with Crippen molar-refractivity contribution in [3.05, 3.63) is 59.7 Å². The third-order valence-corrected chi connectivity index (χ3v) is 3.44. The summed E-state index contributed by atoms with van der Waals surface area (Å²) < 4.78 is 10.4. The van der Waals surface area contributed by atoms with Crippen LogP contribution in [0.2, 0.25) is 0 Å². The molecule has 0 fully saturated rings. The molecule has 0 bridgehead atoms. The number of aromatic hydroxyl groups is 1. The van der Waals surface area contributed by atoms with E-state index in [0.29, 0.717) is 17.0 Å². The lowest BCUT2D eigenvalue weighted by molar-refractivity contribution is 0.0265. The number of phenols is 1. The maximum atomic E-state index is 12.1. The van der Waals surface area contributed by atoms with Crippen molar-refractivity contribution in [2.75, 3.05) is 0 Å². The van der Waals surface area contributed by atoms with Gasteiger partial charge in [0.2, 0.25) is 5.82 Å². The van der Waals surface area contributed by atoms with E-state index in [9.17, 15) is 9.90 Å². The molecule has 1 atom stereocenters. The number of benzene rings is 1. The summed E-state index contributed by atoms with van der Waals surface area (Å²) in [6.07, 6.45) is 2.53. The molecule has 3 aromatic rings. The van der Waals surface area contributed by atoms with E-state index < -0.39 is 12.1 Å². The number of phenolic OH excluding ortho intramolecular Hbond substituents is 1. The summed E-state index contributed by atoms with van der Waals surface area (Å²) in [6.45, 7) is 3.37.